The minimum atomic E-state index is -0.829. The van der Waals surface area contributed by atoms with Gasteiger partial charge in [-0.25, -0.2) is 0 Å². The Labute approximate surface area is 122 Å². The number of carboxylic acids is 1. The van der Waals surface area contributed by atoms with Gasteiger partial charge in [-0.3, -0.25) is 14.4 Å². The molecule has 6 heteroatoms. The molecule has 1 aliphatic carbocycles. The largest absolute Gasteiger partial charge is 0.481 e. The molecule has 1 fully saturated rings. The highest BCUT2D eigenvalue weighted by Gasteiger charge is 2.33. The smallest absolute Gasteiger partial charge is 0.306 e. The summed E-state index contributed by atoms with van der Waals surface area (Å²) >= 11 is 0. The van der Waals surface area contributed by atoms with Gasteiger partial charge in [0.2, 0.25) is 11.8 Å². The Kier molecular flexibility index (Phi) is 4.57. The molecule has 0 aliphatic heterocycles. The average Bonchev–Trinajstić information content (AvgIpc) is 2.90. The molecule has 0 bridgehead atoms. The molecule has 1 aliphatic rings. The summed E-state index contributed by atoms with van der Waals surface area (Å²) in [4.78, 5) is 33.9. The standard InChI is InChI=1S/C15H18N2O4/c1-9(18)16-12-4-6-13(7-5-12)17-14(19)10-2-3-11(8-10)15(20)21/h4-7,10-11H,2-3,8H2,1H3,(H,16,18)(H,17,19)(H,20,21)/t10-,11+/m0/s1. The van der Waals surface area contributed by atoms with Crippen molar-refractivity contribution in [3.63, 3.8) is 0 Å². The van der Waals surface area contributed by atoms with E-state index in [-0.39, 0.29) is 17.7 Å². The van der Waals surface area contributed by atoms with Gasteiger partial charge in [-0.15, -0.1) is 0 Å². The lowest BCUT2D eigenvalue weighted by Gasteiger charge is -2.11. The van der Waals surface area contributed by atoms with Gasteiger partial charge >= 0.3 is 5.97 Å². The summed E-state index contributed by atoms with van der Waals surface area (Å²) in [6.07, 6.45) is 1.55. The van der Waals surface area contributed by atoms with Gasteiger partial charge < -0.3 is 15.7 Å². The molecule has 21 heavy (non-hydrogen) atoms. The van der Waals surface area contributed by atoms with Crippen molar-refractivity contribution in [2.24, 2.45) is 11.8 Å². The summed E-state index contributed by atoms with van der Waals surface area (Å²) in [5, 5.41) is 14.4. The van der Waals surface area contributed by atoms with Crippen molar-refractivity contribution in [3.8, 4) is 0 Å². The summed E-state index contributed by atoms with van der Waals surface area (Å²) in [5.74, 6) is -1.79. The Morgan fingerprint density at radius 1 is 1.00 bits per heavy atom. The molecular weight excluding hydrogens is 272 g/mol. The first-order valence-corrected chi connectivity index (χ1v) is 6.87. The molecule has 2 rings (SSSR count). The van der Waals surface area contributed by atoms with Crippen LogP contribution in [0.25, 0.3) is 0 Å². The number of benzene rings is 1. The second kappa shape index (κ2) is 6.39. The molecule has 0 saturated heterocycles. The van der Waals surface area contributed by atoms with E-state index in [0.717, 1.165) is 0 Å². The van der Waals surface area contributed by atoms with E-state index in [1.807, 2.05) is 0 Å². The summed E-state index contributed by atoms with van der Waals surface area (Å²) in [6.45, 7) is 1.43. The van der Waals surface area contributed by atoms with Crippen LogP contribution in [0.5, 0.6) is 0 Å². The maximum absolute atomic E-state index is 12.1. The Morgan fingerprint density at radius 3 is 2.00 bits per heavy atom. The first-order chi connectivity index (χ1) is 9.95. The highest BCUT2D eigenvalue weighted by atomic mass is 16.4. The van der Waals surface area contributed by atoms with Crippen LogP contribution in [0.2, 0.25) is 0 Å². The third-order valence-electron chi connectivity index (χ3n) is 3.63. The topological polar surface area (TPSA) is 95.5 Å². The molecule has 0 unspecified atom stereocenters. The van der Waals surface area contributed by atoms with Crippen molar-refractivity contribution >= 4 is 29.2 Å². The highest BCUT2D eigenvalue weighted by Crippen LogP contribution is 2.32. The second-order valence-electron chi connectivity index (χ2n) is 5.29. The number of carboxylic acid groups (broad SMARTS) is 1. The third-order valence-corrected chi connectivity index (χ3v) is 3.63. The molecule has 0 radical (unpaired) electrons. The molecule has 0 aromatic heterocycles. The van der Waals surface area contributed by atoms with Crippen LogP contribution in [0.15, 0.2) is 24.3 Å². The fraction of sp³-hybridized carbons (Fsp3) is 0.400. The zero-order valence-electron chi connectivity index (χ0n) is 11.8. The summed E-state index contributed by atoms with van der Waals surface area (Å²) in [6, 6.07) is 6.80. The van der Waals surface area contributed by atoms with Crippen LogP contribution in [0.3, 0.4) is 0 Å². The van der Waals surface area contributed by atoms with Crippen molar-refractivity contribution in [1.29, 1.82) is 0 Å². The molecule has 2 atom stereocenters. The van der Waals surface area contributed by atoms with Gasteiger partial charge in [-0.05, 0) is 43.5 Å². The predicted molar refractivity (Wildman–Crippen MR) is 77.8 cm³/mol. The number of rotatable bonds is 4. The van der Waals surface area contributed by atoms with Gasteiger partial charge in [0.1, 0.15) is 0 Å². The lowest BCUT2D eigenvalue weighted by Crippen LogP contribution is -2.21. The molecule has 3 N–H and O–H groups in total. The molecule has 0 spiro atoms. The second-order valence-corrected chi connectivity index (χ2v) is 5.29. The van der Waals surface area contributed by atoms with E-state index >= 15 is 0 Å². The van der Waals surface area contributed by atoms with Crippen molar-refractivity contribution in [3.05, 3.63) is 24.3 Å². The van der Waals surface area contributed by atoms with E-state index in [0.29, 0.717) is 30.6 Å². The van der Waals surface area contributed by atoms with Crippen LogP contribution in [-0.4, -0.2) is 22.9 Å². The molecule has 2 amide bonds. The van der Waals surface area contributed by atoms with Crippen molar-refractivity contribution in [2.75, 3.05) is 10.6 Å². The highest BCUT2D eigenvalue weighted by molar-refractivity contribution is 5.94. The summed E-state index contributed by atoms with van der Waals surface area (Å²) in [7, 11) is 0. The predicted octanol–water partition coefficient (Wildman–Crippen LogP) is 2.08. The summed E-state index contributed by atoms with van der Waals surface area (Å²) in [5.41, 5.74) is 1.29. The fourth-order valence-electron chi connectivity index (χ4n) is 2.53. The Morgan fingerprint density at radius 2 is 1.52 bits per heavy atom. The number of hydrogen-bond donors (Lipinski definition) is 3. The van der Waals surface area contributed by atoms with Crippen molar-refractivity contribution in [2.45, 2.75) is 26.2 Å². The maximum Gasteiger partial charge on any atom is 0.306 e. The first kappa shape index (κ1) is 15.0. The molecule has 1 saturated carbocycles. The van der Waals surface area contributed by atoms with Crippen molar-refractivity contribution < 1.29 is 19.5 Å². The van der Waals surface area contributed by atoms with E-state index in [9.17, 15) is 14.4 Å². The van der Waals surface area contributed by atoms with E-state index in [1.165, 1.54) is 6.92 Å². The lowest BCUT2D eigenvalue weighted by molar-refractivity contribution is -0.141. The van der Waals surface area contributed by atoms with Gasteiger partial charge in [-0.2, -0.15) is 0 Å². The zero-order chi connectivity index (χ0) is 15.4. The van der Waals surface area contributed by atoms with E-state index < -0.39 is 11.9 Å². The minimum absolute atomic E-state index is 0.147. The van der Waals surface area contributed by atoms with Gasteiger partial charge in [-0.1, -0.05) is 0 Å². The van der Waals surface area contributed by atoms with Crippen LogP contribution >= 0.6 is 0 Å². The molecule has 6 nitrogen and oxygen atoms in total. The maximum atomic E-state index is 12.1. The first-order valence-electron chi connectivity index (χ1n) is 6.87. The Hall–Kier alpha value is -2.37. The fourth-order valence-corrected chi connectivity index (χ4v) is 2.53. The van der Waals surface area contributed by atoms with Gasteiger partial charge in [0.05, 0.1) is 5.92 Å². The summed E-state index contributed by atoms with van der Waals surface area (Å²) < 4.78 is 0. The van der Waals surface area contributed by atoms with Crippen LogP contribution in [0.4, 0.5) is 11.4 Å². The van der Waals surface area contributed by atoms with Crippen molar-refractivity contribution in [1.82, 2.24) is 0 Å². The van der Waals surface area contributed by atoms with E-state index in [1.54, 1.807) is 24.3 Å². The van der Waals surface area contributed by atoms with Crippen LogP contribution in [0, 0.1) is 11.8 Å². The van der Waals surface area contributed by atoms with Gasteiger partial charge in [0, 0.05) is 24.2 Å². The number of hydrogen-bond acceptors (Lipinski definition) is 3. The van der Waals surface area contributed by atoms with E-state index in [2.05, 4.69) is 10.6 Å². The van der Waals surface area contributed by atoms with Gasteiger partial charge in [0.15, 0.2) is 0 Å². The lowest BCUT2D eigenvalue weighted by atomic mass is 10.0. The molecule has 1 aromatic carbocycles. The van der Waals surface area contributed by atoms with E-state index in [4.69, 9.17) is 5.11 Å². The van der Waals surface area contributed by atoms with Crippen LogP contribution < -0.4 is 10.6 Å². The molecule has 0 heterocycles. The number of carbonyl (C=O) groups excluding carboxylic acids is 2. The normalized spacial score (nSPS) is 20.8. The van der Waals surface area contributed by atoms with Crippen LogP contribution in [-0.2, 0) is 14.4 Å². The average molecular weight is 290 g/mol. The van der Waals surface area contributed by atoms with Crippen LogP contribution in [0.1, 0.15) is 26.2 Å². The monoisotopic (exact) mass is 290 g/mol. The minimum Gasteiger partial charge on any atom is -0.481 e. The number of nitrogens with one attached hydrogen (secondary N) is 2. The Bertz CT molecular complexity index is 553. The number of anilines is 2. The number of carbonyl (C=O) groups is 3. The number of aliphatic carboxylic acids is 1. The third kappa shape index (κ3) is 4.05. The molecule has 112 valence electrons. The SMILES string of the molecule is CC(=O)Nc1ccc(NC(=O)[C@H]2CC[C@@H](C(=O)O)C2)cc1. The quantitative estimate of drug-likeness (QED) is 0.791. The number of amides is 2. The Balaban J connectivity index is 1.91. The zero-order valence-corrected chi connectivity index (χ0v) is 11.8. The van der Waals surface area contributed by atoms with Gasteiger partial charge in [0.25, 0.3) is 0 Å². The molecular formula is C15H18N2O4. The molecule has 1 aromatic rings.